The van der Waals surface area contributed by atoms with Crippen LogP contribution in [0.3, 0.4) is 0 Å². The molecule has 140 valence electrons. The van der Waals surface area contributed by atoms with E-state index in [1.54, 1.807) is 6.92 Å². The molecule has 27 heavy (non-hydrogen) atoms. The van der Waals surface area contributed by atoms with Gasteiger partial charge < -0.3 is 15.2 Å². The Kier molecular flexibility index (Phi) is 4.89. The van der Waals surface area contributed by atoms with E-state index in [0.29, 0.717) is 29.4 Å². The second kappa shape index (κ2) is 7.48. The Morgan fingerprint density at radius 3 is 3.00 bits per heavy atom. The van der Waals surface area contributed by atoms with Crippen molar-refractivity contribution in [3.8, 4) is 0 Å². The van der Waals surface area contributed by atoms with Crippen LogP contribution in [0.2, 0.25) is 0 Å². The van der Waals surface area contributed by atoms with Crippen LogP contribution in [0, 0.1) is 12.8 Å². The molecule has 0 bridgehead atoms. The first kappa shape index (κ1) is 17.7. The number of hydrogen-bond acceptors (Lipinski definition) is 5. The molecular weight excluding hydrogens is 362 g/mol. The summed E-state index contributed by atoms with van der Waals surface area (Å²) in [5, 5.41) is 7.95. The second-order valence-electron chi connectivity index (χ2n) is 6.93. The summed E-state index contributed by atoms with van der Waals surface area (Å²) in [6.07, 6.45) is 1.93. The number of carbonyl (C=O) groups is 2. The van der Waals surface area contributed by atoms with Crippen LogP contribution in [-0.2, 0) is 0 Å². The minimum Gasteiger partial charge on any atom is -0.351 e. The zero-order chi connectivity index (χ0) is 18.8. The Morgan fingerprint density at radius 2 is 2.22 bits per heavy atom. The number of aromatic amines is 1. The SMILES string of the molecule is Cc1nnsc1C(=O)N1CCCC(CNC(=O)c2cc3ccccc3[nH]2)C1. The normalized spacial score (nSPS) is 17.2. The third-order valence-corrected chi connectivity index (χ3v) is 5.79. The molecule has 0 saturated carbocycles. The Morgan fingerprint density at radius 1 is 1.37 bits per heavy atom. The lowest BCUT2D eigenvalue weighted by Crippen LogP contribution is -2.43. The molecule has 0 radical (unpaired) electrons. The number of benzene rings is 1. The molecule has 0 spiro atoms. The monoisotopic (exact) mass is 383 g/mol. The molecule has 1 aliphatic heterocycles. The van der Waals surface area contributed by atoms with E-state index in [9.17, 15) is 9.59 Å². The minimum atomic E-state index is -0.114. The van der Waals surface area contributed by atoms with Gasteiger partial charge in [0.1, 0.15) is 10.6 Å². The number of likely N-dealkylation sites (tertiary alicyclic amines) is 1. The number of rotatable bonds is 4. The third-order valence-electron chi connectivity index (χ3n) is 4.98. The number of aromatic nitrogens is 3. The maximum Gasteiger partial charge on any atom is 0.267 e. The molecule has 1 aromatic carbocycles. The van der Waals surface area contributed by atoms with Gasteiger partial charge in [0.05, 0.1) is 5.69 Å². The molecule has 2 aromatic heterocycles. The van der Waals surface area contributed by atoms with E-state index in [-0.39, 0.29) is 17.7 Å². The summed E-state index contributed by atoms with van der Waals surface area (Å²) < 4.78 is 3.85. The highest BCUT2D eigenvalue weighted by Gasteiger charge is 2.27. The second-order valence-corrected chi connectivity index (χ2v) is 7.68. The number of nitrogens with zero attached hydrogens (tertiary/aromatic N) is 3. The fraction of sp³-hybridized carbons (Fsp3) is 0.368. The smallest absolute Gasteiger partial charge is 0.267 e. The van der Waals surface area contributed by atoms with Gasteiger partial charge in [-0.25, -0.2) is 0 Å². The molecule has 3 aromatic rings. The number of H-pyrrole nitrogens is 1. The molecule has 1 unspecified atom stereocenters. The topological polar surface area (TPSA) is 91.0 Å². The number of carbonyl (C=O) groups excluding carboxylic acids is 2. The van der Waals surface area contributed by atoms with Crippen LogP contribution < -0.4 is 5.32 Å². The zero-order valence-electron chi connectivity index (χ0n) is 15.1. The van der Waals surface area contributed by atoms with Crippen LogP contribution in [0.15, 0.2) is 30.3 Å². The third kappa shape index (κ3) is 3.71. The first-order valence-electron chi connectivity index (χ1n) is 9.06. The Hall–Kier alpha value is -2.74. The molecule has 0 aliphatic carbocycles. The lowest BCUT2D eigenvalue weighted by Gasteiger charge is -2.32. The predicted molar refractivity (Wildman–Crippen MR) is 104 cm³/mol. The highest BCUT2D eigenvalue weighted by molar-refractivity contribution is 7.07. The molecule has 1 aliphatic rings. The average molecular weight is 383 g/mol. The zero-order valence-corrected chi connectivity index (χ0v) is 15.9. The van der Waals surface area contributed by atoms with Crippen LogP contribution in [-0.4, -0.2) is 50.9 Å². The maximum atomic E-state index is 12.7. The molecule has 1 atom stereocenters. The molecule has 2 N–H and O–H groups in total. The highest BCUT2D eigenvalue weighted by atomic mass is 32.1. The van der Waals surface area contributed by atoms with E-state index in [2.05, 4.69) is 19.9 Å². The van der Waals surface area contributed by atoms with E-state index >= 15 is 0 Å². The van der Waals surface area contributed by atoms with Gasteiger partial charge in [0, 0.05) is 30.5 Å². The number of piperidine rings is 1. The number of para-hydroxylation sites is 1. The van der Waals surface area contributed by atoms with Crippen molar-refractivity contribution in [3.05, 3.63) is 46.6 Å². The molecule has 3 heterocycles. The first-order chi connectivity index (χ1) is 13.1. The summed E-state index contributed by atoms with van der Waals surface area (Å²) in [5.74, 6) is 0.128. The number of amides is 2. The number of aryl methyl sites for hydroxylation is 1. The Labute approximate surface area is 160 Å². The van der Waals surface area contributed by atoms with Gasteiger partial charge >= 0.3 is 0 Å². The van der Waals surface area contributed by atoms with Crippen molar-refractivity contribution >= 4 is 34.2 Å². The van der Waals surface area contributed by atoms with Crippen LogP contribution in [0.4, 0.5) is 0 Å². The molecule has 1 saturated heterocycles. The van der Waals surface area contributed by atoms with Crippen molar-refractivity contribution in [1.82, 2.24) is 24.8 Å². The van der Waals surface area contributed by atoms with Crippen molar-refractivity contribution in [2.45, 2.75) is 19.8 Å². The van der Waals surface area contributed by atoms with E-state index in [1.165, 1.54) is 0 Å². The fourth-order valence-corrected chi connectivity index (χ4v) is 4.14. The number of fused-ring (bicyclic) bond motifs is 1. The summed E-state index contributed by atoms with van der Waals surface area (Å²) in [4.78, 5) is 30.7. The molecule has 8 heteroatoms. The molecule has 4 rings (SSSR count). The van der Waals surface area contributed by atoms with Crippen molar-refractivity contribution in [1.29, 1.82) is 0 Å². The Balaban J connectivity index is 1.36. The first-order valence-corrected chi connectivity index (χ1v) is 9.83. The lowest BCUT2D eigenvalue weighted by atomic mass is 9.97. The number of hydrogen-bond donors (Lipinski definition) is 2. The maximum absolute atomic E-state index is 12.7. The minimum absolute atomic E-state index is 0.00542. The van der Waals surface area contributed by atoms with Crippen LogP contribution in [0.25, 0.3) is 10.9 Å². The summed E-state index contributed by atoms with van der Waals surface area (Å²) in [7, 11) is 0. The van der Waals surface area contributed by atoms with Crippen LogP contribution in [0.5, 0.6) is 0 Å². The van der Waals surface area contributed by atoms with Crippen molar-refractivity contribution < 1.29 is 9.59 Å². The van der Waals surface area contributed by atoms with Crippen LogP contribution >= 0.6 is 11.5 Å². The molecular formula is C19H21N5O2S. The van der Waals surface area contributed by atoms with E-state index in [1.807, 2.05) is 35.2 Å². The van der Waals surface area contributed by atoms with Gasteiger partial charge in [0.2, 0.25) is 0 Å². The molecule has 2 amide bonds. The Bertz CT molecular complexity index is 946. The fourth-order valence-electron chi connectivity index (χ4n) is 3.52. The van der Waals surface area contributed by atoms with E-state index < -0.39 is 0 Å². The van der Waals surface area contributed by atoms with Gasteiger partial charge in [0.25, 0.3) is 11.8 Å². The molecule has 7 nitrogen and oxygen atoms in total. The highest BCUT2D eigenvalue weighted by Crippen LogP contribution is 2.21. The lowest BCUT2D eigenvalue weighted by molar-refractivity contribution is 0.0674. The quantitative estimate of drug-likeness (QED) is 0.724. The van der Waals surface area contributed by atoms with Gasteiger partial charge in [-0.05, 0) is 49.3 Å². The van der Waals surface area contributed by atoms with Gasteiger partial charge in [-0.15, -0.1) is 5.10 Å². The van der Waals surface area contributed by atoms with Crippen molar-refractivity contribution in [3.63, 3.8) is 0 Å². The van der Waals surface area contributed by atoms with E-state index in [4.69, 9.17) is 0 Å². The van der Waals surface area contributed by atoms with Gasteiger partial charge in [0.15, 0.2) is 0 Å². The molecule has 1 fully saturated rings. The predicted octanol–water partition coefficient (Wildman–Crippen LogP) is 2.61. The van der Waals surface area contributed by atoms with Crippen molar-refractivity contribution in [2.75, 3.05) is 19.6 Å². The van der Waals surface area contributed by atoms with Gasteiger partial charge in [-0.3, -0.25) is 9.59 Å². The average Bonchev–Trinajstić information content (AvgIpc) is 3.31. The van der Waals surface area contributed by atoms with Gasteiger partial charge in [-0.1, -0.05) is 22.7 Å². The summed E-state index contributed by atoms with van der Waals surface area (Å²) in [5.41, 5.74) is 2.19. The van der Waals surface area contributed by atoms with Crippen LogP contribution in [0.1, 0.15) is 38.7 Å². The van der Waals surface area contributed by atoms with Gasteiger partial charge in [-0.2, -0.15) is 0 Å². The summed E-state index contributed by atoms with van der Waals surface area (Å²) in [6.45, 7) is 3.74. The van der Waals surface area contributed by atoms with E-state index in [0.717, 1.165) is 41.8 Å². The number of nitrogens with one attached hydrogen (secondary N) is 2. The standard InChI is InChI=1S/C19H21N5O2S/c1-12-17(27-23-22-12)19(26)24-8-4-5-13(11-24)10-20-18(25)16-9-14-6-2-3-7-15(14)21-16/h2-3,6-7,9,13,21H,4-5,8,10-11H2,1H3,(H,20,25). The summed E-state index contributed by atoms with van der Waals surface area (Å²) >= 11 is 1.14. The largest absolute Gasteiger partial charge is 0.351 e. The van der Waals surface area contributed by atoms with Crippen molar-refractivity contribution in [2.24, 2.45) is 5.92 Å². The summed E-state index contributed by atoms with van der Waals surface area (Å²) in [6, 6.07) is 9.68.